The monoisotopic (exact) mass is 468 g/mol. The Morgan fingerprint density at radius 1 is 1.15 bits per heavy atom. The average Bonchev–Trinajstić information content (AvgIpc) is 2.80. The van der Waals surface area contributed by atoms with E-state index in [4.69, 9.17) is 0 Å². The molecule has 11 heteroatoms. The number of amides is 3. The summed E-state index contributed by atoms with van der Waals surface area (Å²) in [6.07, 6.45) is 0.385. The lowest BCUT2D eigenvalue weighted by Gasteiger charge is -2.45. The van der Waals surface area contributed by atoms with Crippen LogP contribution in [0.5, 0.6) is 0 Å². The first-order valence-electron chi connectivity index (χ1n) is 10.6. The van der Waals surface area contributed by atoms with Gasteiger partial charge >= 0.3 is 6.09 Å². The molecule has 0 radical (unpaired) electrons. The Hall–Kier alpha value is -4.28. The van der Waals surface area contributed by atoms with Crippen LogP contribution in [-0.4, -0.2) is 61.8 Å². The van der Waals surface area contributed by atoms with Crippen LogP contribution in [0.2, 0.25) is 0 Å². The minimum atomic E-state index is -1.25. The summed E-state index contributed by atoms with van der Waals surface area (Å²) in [6, 6.07) is 10.6. The van der Waals surface area contributed by atoms with Crippen molar-refractivity contribution in [3.8, 4) is 0 Å². The van der Waals surface area contributed by atoms with Gasteiger partial charge in [-0.05, 0) is 29.7 Å². The topological polar surface area (TPSA) is 124 Å². The number of benzene rings is 2. The first-order valence-corrected chi connectivity index (χ1v) is 10.6. The number of hydrogen-bond acceptors (Lipinski definition) is 5. The third kappa shape index (κ3) is 4.58. The van der Waals surface area contributed by atoms with Crippen LogP contribution >= 0.6 is 0 Å². The molecule has 2 aromatic rings. The standard InChI is InChI=1S/C23H21FN4O6/c24-17-3-1-2-15(12-17)8-10-25-14-20-26(23(31)32)11-9-21(29)27(20)19(22(25)30)13-16-4-6-18(7-5-16)28(33)34/h1-7,12,14,19H,8-11,13H2,(H,31,32)/t19-/m0/s1. The van der Waals surface area contributed by atoms with E-state index in [-0.39, 0.29) is 43.3 Å². The predicted molar refractivity (Wildman–Crippen MR) is 117 cm³/mol. The summed E-state index contributed by atoms with van der Waals surface area (Å²) in [7, 11) is 0. The molecule has 34 heavy (non-hydrogen) atoms. The van der Waals surface area contributed by atoms with E-state index < -0.39 is 28.8 Å². The molecule has 2 aliphatic heterocycles. The molecule has 2 aliphatic rings. The SMILES string of the molecule is O=C1[C@H](Cc2ccc([N+](=O)[O-])cc2)N2C(=O)CCN(C(=O)O)C2=CN1CCc1cccc(F)c1. The van der Waals surface area contributed by atoms with Crippen molar-refractivity contribution in [3.05, 3.63) is 87.6 Å². The summed E-state index contributed by atoms with van der Waals surface area (Å²) in [5.74, 6) is -1.12. The zero-order valence-corrected chi connectivity index (χ0v) is 18.0. The Labute approximate surface area is 193 Å². The number of rotatable bonds is 6. The number of nitro benzene ring substituents is 1. The highest BCUT2D eigenvalue weighted by Gasteiger charge is 2.44. The van der Waals surface area contributed by atoms with Crippen molar-refractivity contribution in [2.45, 2.75) is 25.3 Å². The van der Waals surface area contributed by atoms with E-state index in [0.29, 0.717) is 17.5 Å². The van der Waals surface area contributed by atoms with Gasteiger partial charge in [-0.2, -0.15) is 0 Å². The smallest absolute Gasteiger partial charge is 0.413 e. The van der Waals surface area contributed by atoms with Gasteiger partial charge in [-0.1, -0.05) is 24.3 Å². The first-order chi connectivity index (χ1) is 16.2. The lowest BCUT2D eigenvalue weighted by Crippen LogP contribution is -2.60. The Morgan fingerprint density at radius 2 is 1.88 bits per heavy atom. The van der Waals surface area contributed by atoms with Gasteiger partial charge in [0.15, 0.2) is 0 Å². The lowest BCUT2D eigenvalue weighted by molar-refractivity contribution is -0.384. The van der Waals surface area contributed by atoms with Gasteiger partial charge in [0.05, 0.1) is 4.92 Å². The van der Waals surface area contributed by atoms with E-state index >= 15 is 0 Å². The number of nitrogens with zero attached hydrogens (tertiary/aromatic N) is 4. The predicted octanol–water partition coefficient (Wildman–Crippen LogP) is 2.74. The van der Waals surface area contributed by atoms with Crippen LogP contribution in [0.15, 0.2) is 60.6 Å². The molecule has 0 aliphatic carbocycles. The van der Waals surface area contributed by atoms with Crippen LogP contribution in [0, 0.1) is 15.9 Å². The molecule has 0 unspecified atom stereocenters. The van der Waals surface area contributed by atoms with E-state index in [1.165, 1.54) is 52.4 Å². The quantitative estimate of drug-likeness (QED) is 0.514. The van der Waals surface area contributed by atoms with Crippen LogP contribution in [-0.2, 0) is 22.4 Å². The third-order valence-electron chi connectivity index (χ3n) is 5.83. The molecule has 0 bridgehead atoms. The van der Waals surface area contributed by atoms with E-state index in [1.54, 1.807) is 12.1 Å². The van der Waals surface area contributed by atoms with E-state index in [2.05, 4.69) is 0 Å². The van der Waals surface area contributed by atoms with Crippen molar-refractivity contribution in [1.82, 2.24) is 14.7 Å². The van der Waals surface area contributed by atoms with Gasteiger partial charge < -0.3 is 10.0 Å². The van der Waals surface area contributed by atoms with Gasteiger partial charge in [-0.25, -0.2) is 9.18 Å². The molecule has 10 nitrogen and oxygen atoms in total. The third-order valence-corrected chi connectivity index (χ3v) is 5.83. The van der Waals surface area contributed by atoms with Crippen molar-refractivity contribution in [2.75, 3.05) is 13.1 Å². The zero-order valence-electron chi connectivity index (χ0n) is 18.0. The van der Waals surface area contributed by atoms with Gasteiger partial charge in [0.1, 0.15) is 17.7 Å². The molecule has 0 spiro atoms. The summed E-state index contributed by atoms with van der Waals surface area (Å²) < 4.78 is 13.5. The fourth-order valence-electron chi connectivity index (χ4n) is 4.14. The van der Waals surface area contributed by atoms with Gasteiger partial charge in [0, 0.05) is 44.3 Å². The highest BCUT2D eigenvalue weighted by molar-refractivity contribution is 5.93. The van der Waals surface area contributed by atoms with Crippen molar-refractivity contribution in [2.24, 2.45) is 0 Å². The molecule has 0 aromatic heterocycles. The Kier molecular flexibility index (Phi) is 6.26. The van der Waals surface area contributed by atoms with E-state index in [0.717, 1.165) is 4.90 Å². The number of nitro groups is 1. The zero-order chi connectivity index (χ0) is 24.4. The molecule has 176 valence electrons. The van der Waals surface area contributed by atoms with Crippen LogP contribution in [0.25, 0.3) is 0 Å². The fourth-order valence-corrected chi connectivity index (χ4v) is 4.14. The largest absolute Gasteiger partial charge is 0.465 e. The van der Waals surface area contributed by atoms with Gasteiger partial charge in [-0.3, -0.25) is 29.5 Å². The summed E-state index contributed by atoms with van der Waals surface area (Å²) in [5, 5.41) is 20.6. The number of non-ortho nitro benzene ring substituents is 1. The molecule has 4 rings (SSSR count). The van der Waals surface area contributed by atoms with Crippen LogP contribution in [0.1, 0.15) is 17.5 Å². The molecule has 1 atom stereocenters. The maximum Gasteiger partial charge on any atom is 0.413 e. The fraction of sp³-hybridized carbons (Fsp3) is 0.261. The minimum absolute atomic E-state index is 0.0350. The molecule has 1 fully saturated rings. The number of carbonyl (C=O) groups excluding carboxylic acids is 2. The van der Waals surface area contributed by atoms with E-state index in [9.17, 15) is 34.0 Å². The molecule has 1 saturated heterocycles. The number of fused-ring (bicyclic) bond motifs is 1. The molecule has 0 saturated carbocycles. The number of halogens is 1. The molecule has 2 heterocycles. The number of carbonyl (C=O) groups is 3. The van der Waals surface area contributed by atoms with Crippen molar-refractivity contribution in [1.29, 1.82) is 0 Å². The Morgan fingerprint density at radius 3 is 2.53 bits per heavy atom. The second kappa shape index (κ2) is 9.30. The summed E-state index contributed by atoms with van der Waals surface area (Å²) in [4.78, 5) is 52.0. The maximum absolute atomic E-state index is 13.5. The molecular weight excluding hydrogens is 447 g/mol. The first kappa shape index (κ1) is 22.9. The van der Waals surface area contributed by atoms with Gasteiger partial charge in [-0.15, -0.1) is 0 Å². The number of carboxylic acid groups (broad SMARTS) is 1. The van der Waals surface area contributed by atoms with Gasteiger partial charge in [0.2, 0.25) is 11.8 Å². The highest BCUT2D eigenvalue weighted by Crippen LogP contribution is 2.30. The molecule has 2 aromatic carbocycles. The Balaban J connectivity index is 1.65. The van der Waals surface area contributed by atoms with Crippen LogP contribution < -0.4 is 0 Å². The van der Waals surface area contributed by atoms with Crippen molar-refractivity contribution < 1.29 is 28.8 Å². The van der Waals surface area contributed by atoms with Crippen LogP contribution in [0.3, 0.4) is 0 Å². The average molecular weight is 468 g/mol. The normalized spacial score (nSPS) is 18.0. The summed E-state index contributed by atoms with van der Waals surface area (Å²) >= 11 is 0. The maximum atomic E-state index is 13.5. The summed E-state index contributed by atoms with van der Waals surface area (Å²) in [5.41, 5.74) is 1.13. The van der Waals surface area contributed by atoms with Crippen molar-refractivity contribution >= 4 is 23.6 Å². The van der Waals surface area contributed by atoms with E-state index in [1.807, 2.05) is 0 Å². The second-order valence-corrected chi connectivity index (χ2v) is 7.99. The second-order valence-electron chi connectivity index (χ2n) is 7.99. The number of hydrogen-bond donors (Lipinski definition) is 1. The molecular formula is C23H21FN4O6. The highest BCUT2D eigenvalue weighted by atomic mass is 19.1. The van der Waals surface area contributed by atoms with Crippen LogP contribution in [0.4, 0.5) is 14.9 Å². The van der Waals surface area contributed by atoms with Crippen molar-refractivity contribution in [3.63, 3.8) is 0 Å². The lowest BCUT2D eigenvalue weighted by atomic mass is 9.99. The summed E-state index contributed by atoms with van der Waals surface area (Å²) in [6.45, 7) is 0.116. The Bertz CT molecular complexity index is 1180. The van der Waals surface area contributed by atoms with Gasteiger partial charge in [0.25, 0.3) is 5.69 Å². The molecule has 3 amide bonds. The minimum Gasteiger partial charge on any atom is -0.465 e. The molecule has 1 N–H and O–H groups in total.